The summed E-state index contributed by atoms with van der Waals surface area (Å²) in [5.74, 6) is 0.128. The number of likely N-dealkylation sites (tertiary alicyclic amines) is 1. The Hall–Kier alpha value is -2.86. The fraction of sp³-hybridized carbons (Fsp3) is 0.310. The van der Waals surface area contributed by atoms with Crippen molar-refractivity contribution in [1.29, 1.82) is 0 Å². The van der Waals surface area contributed by atoms with E-state index in [2.05, 4.69) is 9.55 Å². The third-order valence-electron chi connectivity index (χ3n) is 7.21. The zero-order valence-electron chi connectivity index (χ0n) is 20.4. The van der Waals surface area contributed by atoms with Crippen LogP contribution in [0.3, 0.4) is 0 Å². The van der Waals surface area contributed by atoms with Gasteiger partial charge in [-0.15, -0.1) is 12.4 Å². The van der Waals surface area contributed by atoms with Crippen LogP contribution >= 0.6 is 24.0 Å². The second-order valence-electron chi connectivity index (χ2n) is 9.56. The molecule has 1 aliphatic rings. The number of carbonyl (C=O) groups excluding carboxylic acids is 1. The molecule has 0 spiro atoms. The molecule has 1 N–H and O–H groups in total. The van der Waals surface area contributed by atoms with E-state index in [-0.39, 0.29) is 18.3 Å². The van der Waals surface area contributed by atoms with Crippen LogP contribution in [0.4, 0.5) is 0 Å². The van der Waals surface area contributed by atoms with Crippen LogP contribution in [0.1, 0.15) is 30.4 Å². The van der Waals surface area contributed by atoms with Gasteiger partial charge in [-0.1, -0.05) is 41.9 Å². The highest BCUT2D eigenvalue weighted by atomic mass is 35.5. The van der Waals surface area contributed by atoms with Gasteiger partial charge in [-0.2, -0.15) is 0 Å². The van der Waals surface area contributed by atoms with Gasteiger partial charge in [0, 0.05) is 66.9 Å². The number of piperidine rings is 1. The number of rotatable bonds is 6. The Morgan fingerprint density at radius 2 is 1.83 bits per heavy atom. The monoisotopic (exact) mass is 523 g/mol. The number of halogens is 2. The summed E-state index contributed by atoms with van der Waals surface area (Å²) in [6, 6.07) is 20.0. The van der Waals surface area contributed by atoms with E-state index in [9.17, 15) is 9.90 Å². The van der Waals surface area contributed by atoms with E-state index in [0.717, 1.165) is 33.3 Å². The topological polar surface area (TPSA) is 58.4 Å². The van der Waals surface area contributed by atoms with E-state index < -0.39 is 5.60 Å². The van der Waals surface area contributed by atoms with Gasteiger partial charge < -0.3 is 14.6 Å². The Bertz CT molecular complexity index is 1330. The van der Waals surface area contributed by atoms with Gasteiger partial charge in [-0.05, 0) is 60.7 Å². The maximum atomic E-state index is 13.2. The first-order valence-corrected chi connectivity index (χ1v) is 12.5. The highest BCUT2D eigenvalue weighted by molar-refractivity contribution is 6.31. The summed E-state index contributed by atoms with van der Waals surface area (Å²) in [5, 5.41) is 12.8. The minimum absolute atomic E-state index is 0. The number of hydrogen-bond acceptors (Lipinski definition) is 3. The van der Waals surface area contributed by atoms with Gasteiger partial charge in [0.05, 0.1) is 11.3 Å². The molecule has 3 heterocycles. The molecular formula is C29H31Cl2N3O2. The zero-order valence-corrected chi connectivity index (χ0v) is 21.9. The lowest BCUT2D eigenvalue weighted by Gasteiger charge is -2.38. The Kier molecular flexibility index (Phi) is 8.04. The largest absolute Gasteiger partial charge is 0.389 e. The van der Waals surface area contributed by atoms with E-state index in [1.165, 1.54) is 0 Å². The summed E-state index contributed by atoms with van der Waals surface area (Å²) in [6.07, 6.45) is 6.47. The van der Waals surface area contributed by atoms with Gasteiger partial charge >= 0.3 is 0 Å². The molecule has 2 aromatic carbocycles. The number of aliphatic hydroxyl groups is 1. The number of aryl methyl sites for hydroxylation is 2. The summed E-state index contributed by atoms with van der Waals surface area (Å²) in [4.78, 5) is 19.4. The second-order valence-corrected chi connectivity index (χ2v) is 9.99. The molecule has 0 atom stereocenters. The van der Waals surface area contributed by atoms with Crippen molar-refractivity contribution in [2.75, 3.05) is 13.1 Å². The number of nitrogens with zero attached hydrogens (tertiary/aromatic N) is 3. The number of fused-ring (bicyclic) bond motifs is 1. The van der Waals surface area contributed by atoms with Crippen molar-refractivity contribution in [1.82, 2.24) is 14.5 Å². The average molecular weight is 524 g/mol. The zero-order chi connectivity index (χ0) is 24.4. The predicted molar refractivity (Wildman–Crippen MR) is 148 cm³/mol. The van der Waals surface area contributed by atoms with Crippen LogP contribution in [-0.4, -0.2) is 44.2 Å². The molecule has 0 radical (unpaired) electrons. The van der Waals surface area contributed by atoms with E-state index in [1.54, 1.807) is 6.20 Å². The maximum absolute atomic E-state index is 13.2. The lowest BCUT2D eigenvalue weighted by Crippen LogP contribution is -2.47. The molecule has 188 valence electrons. The van der Waals surface area contributed by atoms with Gasteiger partial charge in [-0.25, -0.2) is 0 Å². The van der Waals surface area contributed by atoms with Crippen LogP contribution < -0.4 is 0 Å². The van der Waals surface area contributed by atoms with Crippen molar-refractivity contribution in [2.24, 2.45) is 7.05 Å². The van der Waals surface area contributed by atoms with E-state index in [1.807, 2.05) is 78.8 Å². The van der Waals surface area contributed by atoms with Crippen LogP contribution in [0.2, 0.25) is 5.02 Å². The van der Waals surface area contributed by atoms with Crippen molar-refractivity contribution in [3.63, 3.8) is 0 Å². The summed E-state index contributed by atoms with van der Waals surface area (Å²) >= 11 is 6.35. The molecule has 5 rings (SSSR count). The predicted octanol–water partition coefficient (Wildman–Crippen LogP) is 5.84. The minimum atomic E-state index is -0.752. The number of hydrogen-bond donors (Lipinski definition) is 1. The summed E-state index contributed by atoms with van der Waals surface area (Å²) < 4.78 is 2.16. The Morgan fingerprint density at radius 3 is 2.53 bits per heavy atom. The van der Waals surface area contributed by atoms with Gasteiger partial charge in [0.25, 0.3) is 0 Å². The second kappa shape index (κ2) is 11.0. The third-order valence-corrected chi connectivity index (χ3v) is 7.45. The molecule has 1 fully saturated rings. The molecule has 1 saturated heterocycles. The normalized spacial score (nSPS) is 15.0. The first kappa shape index (κ1) is 26.2. The molecular weight excluding hydrogens is 493 g/mol. The lowest BCUT2D eigenvalue weighted by atomic mass is 9.85. The standard InChI is InChI=1S/C29H30ClN3O2.ClH/c1-32-26-11-9-23(30)18-25(26)24(28(32)22-8-5-15-31-20-22)10-12-27(34)33-16-13-29(35,14-17-33)19-21-6-3-2-4-7-21;/h2-9,11,15,18,20,35H,10,12-14,16-17,19H2,1H3;1H. The molecule has 36 heavy (non-hydrogen) atoms. The van der Waals surface area contributed by atoms with Gasteiger partial charge in [0.15, 0.2) is 0 Å². The SMILES string of the molecule is Cl.Cn1c(-c2cccnc2)c(CCC(=O)N2CCC(O)(Cc3ccccc3)CC2)c2cc(Cl)ccc21. The molecule has 2 aromatic heterocycles. The Labute approximate surface area is 223 Å². The summed E-state index contributed by atoms with van der Waals surface area (Å²) in [7, 11) is 2.04. The van der Waals surface area contributed by atoms with E-state index in [4.69, 9.17) is 11.6 Å². The number of amides is 1. The van der Waals surface area contributed by atoms with Gasteiger partial charge in [0.2, 0.25) is 5.91 Å². The average Bonchev–Trinajstić information content (AvgIpc) is 3.14. The molecule has 0 saturated carbocycles. The number of aromatic nitrogens is 2. The van der Waals surface area contributed by atoms with E-state index >= 15 is 0 Å². The van der Waals surface area contributed by atoms with Crippen LogP contribution in [0, 0.1) is 0 Å². The Balaban J connectivity index is 0.00000304. The van der Waals surface area contributed by atoms with Gasteiger partial charge in [0.1, 0.15) is 0 Å². The molecule has 1 amide bonds. The molecule has 0 unspecified atom stereocenters. The maximum Gasteiger partial charge on any atom is 0.222 e. The van der Waals surface area contributed by atoms with Gasteiger partial charge in [-0.3, -0.25) is 9.78 Å². The quantitative estimate of drug-likeness (QED) is 0.345. The number of benzene rings is 2. The van der Waals surface area contributed by atoms with Crippen molar-refractivity contribution >= 4 is 40.8 Å². The van der Waals surface area contributed by atoms with Crippen LogP contribution in [-0.2, 0) is 24.7 Å². The number of pyridine rings is 1. The van der Waals surface area contributed by atoms with Crippen LogP contribution in [0.25, 0.3) is 22.2 Å². The fourth-order valence-corrected chi connectivity index (χ4v) is 5.50. The minimum Gasteiger partial charge on any atom is -0.389 e. The molecule has 5 nitrogen and oxygen atoms in total. The summed E-state index contributed by atoms with van der Waals surface area (Å²) in [5.41, 5.74) is 4.67. The highest BCUT2D eigenvalue weighted by Gasteiger charge is 2.34. The van der Waals surface area contributed by atoms with Crippen molar-refractivity contribution in [3.8, 4) is 11.3 Å². The molecule has 0 aliphatic carbocycles. The lowest BCUT2D eigenvalue weighted by molar-refractivity contribution is -0.135. The molecule has 7 heteroatoms. The first-order valence-electron chi connectivity index (χ1n) is 12.1. The fourth-order valence-electron chi connectivity index (χ4n) is 5.33. The summed E-state index contributed by atoms with van der Waals surface area (Å²) in [6.45, 7) is 1.16. The van der Waals surface area contributed by atoms with Crippen molar-refractivity contribution in [3.05, 3.63) is 89.2 Å². The Morgan fingerprint density at radius 1 is 1.08 bits per heavy atom. The molecule has 4 aromatic rings. The van der Waals surface area contributed by atoms with Crippen LogP contribution in [0.15, 0.2) is 73.1 Å². The van der Waals surface area contributed by atoms with Crippen molar-refractivity contribution < 1.29 is 9.90 Å². The third kappa shape index (κ3) is 5.44. The van der Waals surface area contributed by atoms with Crippen LogP contribution in [0.5, 0.6) is 0 Å². The van der Waals surface area contributed by atoms with E-state index in [0.29, 0.717) is 50.2 Å². The molecule has 0 bridgehead atoms. The highest BCUT2D eigenvalue weighted by Crippen LogP contribution is 2.35. The number of carbonyl (C=O) groups is 1. The molecule has 1 aliphatic heterocycles. The smallest absolute Gasteiger partial charge is 0.222 e. The first-order chi connectivity index (χ1) is 16.9. The van der Waals surface area contributed by atoms with Crippen molar-refractivity contribution in [2.45, 2.75) is 37.7 Å².